The van der Waals surface area contributed by atoms with Gasteiger partial charge in [0.05, 0.1) is 15.5 Å². The highest BCUT2D eigenvalue weighted by molar-refractivity contribution is 9.10. The van der Waals surface area contributed by atoms with Crippen molar-refractivity contribution >= 4 is 27.9 Å². The van der Waals surface area contributed by atoms with Gasteiger partial charge in [0.2, 0.25) is 0 Å². The van der Waals surface area contributed by atoms with Crippen molar-refractivity contribution in [3.63, 3.8) is 0 Å². The highest BCUT2D eigenvalue weighted by Gasteiger charge is 2.24. The number of carbonyl (C=O) groups is 2. The minimum atomic E-state index is -1.03. The van der Waals surface area contributed by atoms with Crippen LogP contribution in [-0.2, 0) is 4.79 Å². The van der Waals surface area contributed by atoms with Crippen LogP contribution < -0.4 is 4.74 Å². The van der Waals surface area contributed by atoms with Crippen LogP contribution in [0.25, 0.3) is 0 Å². The summed E-state index contributed by atoms with van der Waals surface area (Å²) in [6.07, 6.45) is 0. The molecule has 0 unspecified atom stereocenters. The van der Waals surface area contributed by atoms with Gasteiger partial charge in [-0.3, -0.25) is 4.79 Å². The van der Waals surface area contributed by atoms with E-state index in [1.54, 1.807) is 20.8 Å². The number of carboxylic acid groups (broad SMARTS) is 1. The van der Waals surface area contributed by atoms with Crippen molar-refractivity contribution in [2.24, 2.45) is 5.41 Å². The topological polar surface area (TPSA) is 63.6 Å². The lowest BCUT2D eigenvalue weighted by atomic mass is 9.97. The zero-order valence-electron chi connectivity index (χ0n) is 9.78. The molecule has 0 aromatic heterocycles. The summed E-state index contributed by atoms with van der Waals surface area (Å²) in [5.41, 5.74) is -0.474. The molecule has 0 atom stereocenters. The average Bonchev–Trinajstić information content (AvgIpc) is 2.19. The van der Waals surface area contributed by atoms with Gasteiger partial charge in [-0.15, -0.1) is 0 Å². The molecular formula is C12H13BrO4. The predicted molar refractivity (Wildman–Crippen MR) is 66.2 cm³/mol. The van der Waals surface area contributed by atoms with Gasteiger partial charge in [-0.25, -0.2) is 4.79 Å². The third-order valence-electron chi connectivity index (χ3n) is 1.99. The Kier molecular flexibility index (Phi) is 3.93. The summed E-state index contributed by atoms with van der Waals surface area (Å²) in [5, 5.41) is 8.78. The largest absolute Gasteiger partial charge is 0.478 e. The molecule has 0 saturated heterocycles. The van der Waals surface area contributed by atoms with Gasteiger partial charge in [0.1, 0.15) is 5.75 Å². The lowest BCUT2D eigenvalue weighted by Crippen LogP contribution is -2.25. The van der Waals surface area contributed by atoms with Gasteiger partial charge in [0.15, 0.2) is 0 Å². The molecule has 1 aromatic rings. The standard InChI is InChI=1S/C12H13BrO4/c1-12(2,3)11(16)17-9-5-4-7(10(14)15)6-8(9)13/h4-6H,1-3H3,(H,14,15). The summed E-state index contributed by atoms with van der Waals surface area (Å²) in [7, 11) is 0. The first-order chi connectivity index (χ1) is 7.71. The Morgan fingerprint density at radius 2 is 1.88 bits per heavy atom. The molecule has 92 valence electrons. The number of carboxylic acids is 1. The monoisotopic (exact) mass is 300 g/mol. The van der Waals surface area contributed by atoms with Crippen LogP contribution in [0.15, 0.2) is 22.7 Å². The number of rotatable bonds is 2. The van der Waals surface area contributed by atoms with Crippen molar-refractivity contribution in [3.8, 4) is 5.75 Å². The summed E-state index contributed by atoms with van der Waals surface area (Å²) in [4.78, 5) is 22.4. The van der Waals surface area contributed by atoms with Crippen molar-refractivity contribution in [3.05, 3.63) is 28.2 Å². The second-order valence-electron chi connectivity index (χ2n) is 4.59. The maximum Gasteiger partial charge on any atom is 0.335 e. The SMILES string of the molecule is CC(C)(C)C(=O)Oc1ccc(C(=O)O)cc1Br. The Bertz CT molecular complexity index is 460. The van der Waals surface area contributed by atoms with Crippen LogP contribution in [0.5, 0.6) is 5.75 Å². The second-order valence-corrected chi connectivity index (χ2v) is 5.44. The van der Waals surface area contributed by atoms with Crippen molar-refractivity contribution in [1.29, 1.82) is 0 Å². The van der Waals surface area contributed by atoms with E-state index in [0.29, 0.717) is 10.2 Å². The molecule has 1 aromatic carbocycles. The maximum absolute atomic E-state index is 11.6. The first-order valence-electron chi connectivity index (χ1n) is 4.97. The number of hydrogen-bond acceptors (Lipinski definition) is 3. The molecule has 0 radical (unpaired) electrons. The van der Waals surface area contributed by atoms with E-state index in [2.05, 4.69) is 15.9 Å². The summed E-state index contributed by atoms with van der Waals surface area (Å²) >= 11 is 3.17. The van der Waals surface area contributed by atoms with Crippen LogP contribution >= 0.6 is 15.9 Å². The van der Waals surface area contributed by atoms with Gasteiger partial charge >= 0.3 is 11.9 Å². The van der Waals surface area contributed by atoms with E-state index in [9.17, 15) is 9.59 Å². The first-order valence-corrected chi connectivity index (χ1v) is 5.76. The molecule has 0 amide bonds. The molecule has 1 rings (SSSR count). The molecule has 1 N–H and O–H groups in total. The fourth-order valence-corrected chi connectivity index (χ4v) is 1.43. The van der Waals surface area contributed by atoms with Gasteiger partial charge in [0.25, 0.3) is 0 Å². The van der Waals surface area contributed by atoms with E-state index in [-0.39, 0.29) is 11.5 Å². The Morgan fingerprint density at radius 1 is 1.29 bits per heavy atom. The van der Waals surface area contributed by atoms with Gasteiger partial charge in [0, 0.05) is 0 Å². The van der Waals surface area contributed by atoms with Crippen molar-refractivity contribution in [2.75, 3.05) is 0 Å². The fourth-order valence-electron chi connectivity index (χ4n) is 0.970. The molecule has 5 heteroatoms. The Hall–Kier alpha value is -1.36. The van der Waals surface area contributed by atoms with Crippen LogP contribution in [-0.4, -0.2) is 17.0 Å². The Morgan fingerprint density at radius 3 is 2.29 bits per heavy atom. The molecule has 4 nitrogen and oxygen atoms in total. The van der Waals surface area contributed by atoms with E-state index in [1.165, 1.54) is 18.2 Å². The van der Waals surface area contributed by atoms with Gasteiger partial charge < -0.3 is 9.84 Å². The third-order valence-corrected chi connectivity index (χ3v) is 2.61. The third kappa shape index (κ3) is 3.56. The summed E-state index contributed by atoms with van der Waals surface area (Å²) in [6.45, 7) is 5.23. The van der Waals surface area contributed by atoms with Crippen LogP contribution in [0.2, 0.25) is 0 Å². The zero-order valence-corrected chi connectivity index (χ0v) is 11.4. The number of carbonyl (C=O) groups excluding carboxylic acids is 1. The normalized spacial score (nSPS) is 11.1. The molecule has 0 heterocycles. The smallest absolute Gasteiger partial charge is 0.335 e. The van der Waals surface area contributed by atoms with Crippen LogP contribution in [0.3, 0.4) is 0 Å². The molecule has 0 aliphatic heterocycles. The van der Waals surface area contributed by atoms with E-state index >= 15 is 0 Å². The van der Waals surface area contributed by atoms with Gasteiger partial charge in [-0.05, 0) is 54.9 Å². The van der Waals surface area contributed by atoms with E-state index in [4.69, 9.17) is 9.84 Å². The van der Waals surface area contributed by atoms with Crippen molar-refractivity contribution in [1.82, 2.24) is 0 Å². The highest BCUT2D eigenvalue weighted by atomic mass is 79.9. The summed E-state index contributed by atoms with van der Waals surface area (Å²) in [5.74, 6) is -1.09. The molecule has 0 spiro atoms. The molecular weight excluding hydrogens is 288 g/mol. The number of hydrogen-bond donors (Lipinski definition) is 1. The van der Waals surface area contributed by atoms with Crippen LogP contribution in [0, 0.1) is 5.41 Å². The number of esters is 1. The molecule has 0 fully saturated rings. The van der Waals surface area contributed by atoms with E-state index in [1.807, 2.05) is 0 Å². The van der Waals surface area contributed by atoms with Gasteiger partial charge in [-0.1, -0.05) is 0 Å². The molecule has 0 aliphatic carbocycles. The Labute approximate surface area is 108 Å². The molecule has 0 saturated carbocycles. The van der Waals surface area contributed by atoms with E-state index in [0.717, 1.165) is 0 Å². The van der Waals surface area contributed by atoms with Gasteiger partial charge in [-0.2, -0.15) is 0 Å². The number of aromatic carboxylic acids is 1. The van der Waals surface area contributed by atoms with E-state index < -0.39 is 11.4 Å². The van der Waals surface area contributed by atoms with Crippen molar-refractivity contribution < 1.29 is 19.4 Å². The lowest BCUT2D eigenvalue weighted by molar-refractivity contribution is -0.143. The fraction of sp³-hybridized carbons (Fsp3) is 0.333. The molecule has 0 aliphatic rings. The van der Waals surface area contributed by atoms with Crippen LogP contribution in [0.4, 0.5) is 0 Å². The minimum absolute atomic E-state index is 0.132. The predicted octanol–water partition coefficient (Wildman–Crippen LogP) is 3.10. The number of ether oxygens (including phenoxy) is 1. The summed E-state index contributed by atoms with van der Waals surface area (Å²) < 4.78 is 5.61. The lowest BCUT2D eigenvalue weighted by Gasteiger charge is -2.17. The second kappa shape index (κ2) is 4.87. The van der Waals surface area contributed by atoms with Crippen LogP contribution in [0.1, 0.15) is 31.1 Å². The molecule has 17 heavy (non-hydrogen) atoms. The quantitative estimate of drug-likeness (QED) is 0.673. The zero-order chi connectivity index (χ0) is 13.2. The molecule has 0 bridgehead atoms. The highest BCUT2D eigenvalue weighted by Crippen LogP contribution is 2.28. The Balaban J connectivity index is 2.95. The summed E-state index contributed by atoms with van der Waals surface area (Å²) in [6, 6.07) is 4.24. The number of halogens is 1. The first kappa shape index (κ1) is 13.7. The number of benzene rings is 1. The average molecular weight is 301 g/mol. The minimum Gasteiger partial charge on any atom is -0.478 e. The maximum atomic E-state index is 11.6. The van der Waals surface area contributed by atoms with Crippen molar-refractivity contribution in [2.45, 2.75) is 20.8 Å².